The van der Waals surface area contributed by atoms with E-state index in [4.69, 9.17) is 5.11 Å². The summed E-state index contributed by atoms with van der Waals surface area (Å²) in [6, 6.07) is 7.31. The Bertz CT molecular complexity index is 534. The first-order valence-corrected chi connectivity index (χ1v) is 6.01. The zero-order valence-electron chi connectivity index (χ0n) is 8.91. The minimum atomic E-state index is -1.29. The Morgan fingerprint density at radius 2 is 2.06 bits per heavy atom. The van der Waals surface area contributed by atoms with Crippen molar-refractivity contribution in [3.63, 3.8) is 0 Å². The van der Waals surface area contributed by atoms with Crippen molar-refractivity contribution in [3.05, 3.63) is 35.2 Å². The molecule has 0 aliphatic rings. The lowest BCUT2D eigenvalue weighted by atomic mass is 10.0. The van der Waals surface area contributed by atoms with Gasteiger partial charge in [-0.05, 0) is 16.8 Å². The molecular weight excluding hydrogens is 240 g/mol. The highest BCUT2D eigenvalue weighted by Gasteiger charge is 2.22. The van der Waals surface area contributed by atoms with Crippen molar-refractivity contribution in [1.29, 1.82) is 0 Å². The molecule has 0 radical (unpaired) electrons. The average Bonchev–Trinajstić information content (AvgIpc) is 2.74. The lowest BCUT2D eigenvalue weighted by molar-refractivity contribution is -0.141. The largest absolute Gasteiger partial charge is 0.481 e. The summed E-state index contributed by atoms with van der Waals surface area (Å²) in [5, 5.41) is 31.0. The molecule has 3 N–H and O–H groups in total. The molecule has 1 aromatic carbocycles. The van der Waals surface area contributed by atoms with E-state index in [1.54, 1.807) is 12.1 Å². The third-order valence-corrected chi connectivity index (χ3v) is 3.56. The maximum atomic E-state index is 10.5. The highest BCUT2D eigenvalue weighted by Crippen LogP contribution is 2.31. The quantitative estimate of drug-likeness (QED) is 0.775. The molecule has 1 aromatic heterocycles. The normalized spacial score (nSPS) is 14.7. The van der Waals surface area contributed by atoms with Gasteiger partial charge in [-0.25, -0.2) is 0 Å². The van der Waals surface area contributed by atoms with Gasteiger partial charge < -0.3 is 15.3 Å². The molecule has 2 atom stereocenters. The van der Waals surface area contributed by atoms with Gasteiger partial charge in [-0.3, -0.25) is 4.79 Å². The van der Waals surface area contributed by atoms with Crippen LogP contribution < -0.4 is 0 Å². The standard InChI is InChI=1S/C12H12O4S/c13-9(6-10(14)15)11(16)8-3-1-2-7-4-5-17-12(7)8/h1-5,9,11,13,16H,6H2,(H,14,15). The van der Waals surface area contributed by atoms with Crippen LogP contribution in [0.1, 0.15) is 18.1 Å². The first kappa shape index (κ1) is 12.0. The van der Waals surface area contributed by atoms with Gasteiger partial charge in [0.2, 0.25) is 0 Å². The van der Waals surface area contributed by atoms with Gasteiger partial charge in [-0.1, -0.05) is 18.2 Å². The maximum Gasteiger partial charge on any atom is 0.306 e. The summed E-state index contributed by atoms with van der Waals surface area (Å²) < 4.78 is 0.879. The molecule has 0 saturated heterocycles. The van der Waals surface area contributed by atoms with Gasteiger partial charge in [-0.15, -0.1) is 11.3 Å². The Labute approximate surface area is 102 Å². The SMILES string of the molecule is O=C(O)CC(O)C(O)c1cccc2ccsc12. The van der Waals surface area contributed by atoms with Crippen LogP contribution in [0.3, 0.4) is 0 Å². The fraction of sp³-hybridized carbons (Fsp3) is 0.250. The Morgan fingerprint density at radius 1 is 1.29 bits per heavy atom. The predicted molar refractivity (Wildman–Crippen MR) is 65.0 cm³/mol. The van der Waals surface area contributed by atoms with Crippen molar-refractivity contribution in [1.82, 2.24) is 0 Å². The predicted octanol–water partition coefficient (Wildman–Crippen LogP) is 1.77. The van der Waals surface area contributed by atoms with Crippen molar-refractivity contribution < 1.29 is 20.1 Å². The molecule has 17 heavy (non-hydrogen) atoms. The summed E-state index contributed by atoms with van der Waals surface area (Å²) in [5.41, 5.74) is 0.575. The zero-order chi connectivity index (χ0) is 12.4. The highest BCUT2D eigenvalue weighted by molar-refractivity contribution is 7.17. The molecule has 2 rings (SSSR count). The highest BCUT2D eigenvalue weighted by atomic mass is 32.1. The molecule has 5 heteroatoms. The summed E-state index contributed by atoms with van der Waals surface area (Å²) >= 11 is 1.46. The maximum absolute atomic E-state index is 10.5. The number of aliphatic hydroxyl groups is 2. The van der Waals surface area contributed by atoms with Crippen molar-refractivity contribution in [3.8, 4) is 0 Å². The molecule has 0 fully saturated rings. The van der Waals surface area contributed by atoms with Gasteiger partial charge in [0.25, 0.3) is 0 Å². The van der Waals surface area contributed by atoms with E-state index in [1.165, 1.54) is 11.3 Å². The van der Waals surface area contributed by atoms with Crippen LogP contribution in [-0.4, -0.2) is 27.4 Å². The number of fused-ring (bicyclic) bond motifs is 1. The number of thiophene rings is 1. The number of hydrogen-bond donors (Lipinski definition) is 3. The van der Waals surface area contributed by atoms with Crippen molar-refractivity contribution in [2.45, 2.75) is 18.6 Å². The molecule has 0 saturated carbocycles. The van der Waals surface area contributed by atoms with Crippen LogP contribution in [0.5, 0.6) is 0 Å². The van der Waals surface area contributed by atoms with Crippen LogP contribution in [0.15, 0.2) is 29.6 Å². The molecular formula is C12H12O4S. The molecule has 2 unspecified atom stereocenters. The fourth-order valence-electron chi connectivity index (χ4n) is 1.75. The Morgan fingerprint density at radius 3 is 2.76 bits per heavy atom. The first-order chi connectivity index (χ1) is 8.09. The molecule has 0 amide bonds. The molecule has 0 spiro atoms. The van der Waals surface area contributed by atoms with Crippen LogP contribution >= 0.6 is 11.3 Å². The van der Waals surface area contributed by atoms with Gasteiger partial charge in [0.05, 0.1) is 12.5 Å². The summed E-state index contributed by atoms with van der Waals surface area (Å²) in [6.45, 7) is 0. The third kappa shape index (κ3) is 2.46. The second-order valence-corrected chi connectivity index (χ2v) is 4.71. The Balaban J connectivity index is 2.32. The average molecular weight is 252 g/mol. The number of carboxylic acids is 1. The van der Waals surface area contributed by atoms with Crippen molar-refractivity contribution >= 4 is 27.4 Å². The van der Waals surface area contributed by atoms with E-state index in [-0.39, 0.29) is 0 Å². The number of hydrogen-bond acceptors (Lipinski definition) is 4. The van der Waals surface area contributed by atoms with E-state index in [9.17, 15) is 15.0 Å². The molecule has 4 nitrogen and oxygen atoms in total. The van der Waals surface area contributed by atoms with E-state index in [0.29, 0.717) is 5.56 Å². The molecule has 90 valence electrons. The minimum Gasteiger partial charge on any atom is -0.481 e. The van der Waals surface area contributed by atoms with E-state index < -0.39 is 24.6 Å². The second kappa shape index (κ2) is 4.83. The van der Waals surface area contributed by atoms with Crippen LogP contribution in [0.4, 0.5) is 0 Å². The Hall–Kier alpha value is -1.43. The van der Waals surface area contributed by atoms with Gasteiger partial charge in [-0.2, -0.15) is 0 Å². The molecule has 2 aromatic rings. The topological polar surface area (TPSA) is 77.8 Å². The van der Waals surface area contributed by atoms with E-state index >= 15 is 0 Å². The lowest BCUT2D eigenvalue weighted by Gasteiger charge is -2.17. The third-order valence-electron chi connectivity index (χ3n) is 2.58. The fourth-order valence-corrected chi connectivity index (χ4v) is 2.69. The van der Waals surface area contributed by atoms with E-state index in [2.05, 4.69) is 0 Å². The zero-order valence-corrected chi connectivity index (χ0v) is 9.72. The summed E-state index contributed by atoms with van der Waals surface area (Å²) in [7, 11) is 0. The monoisotopic (exact) mass is 252 g/mol. The van der Waals surface area contributed by atoms with Crippen LogP contribution in [0.2, 0.25) is 0 Å². The van der Waals surface area contributed by atoms with Gasteiger partial charge >= 0.3 is 5.97 Å². The summed E-state index contributed by atoms with van der Waals surface area (Å²) in [4.78, 5) is 10.5. The van der Waals surface area contributed by atoms with Gasteiger partial charge in [0.15, 0.2) is 0 Å². The lowest BCUT2D eigenvalue weighted by Crippen LogP contribution is -2.21. The number of aliphatic carboxylic acids is 1. The van der Waals surface area contributed by atoms with Crippen molar-refractivity contribution in [2.24, 2.45) is 0 Å². The Kier molecular flexibility index (Phi) is 3.42. The molecule has 0 aliphatic carbocycles. The van der Waals surface area contributed by atoms with Crippen LogP contribution in [0.25, 0.3) is 10.1 Å². The van der Waals surface area contributed by atoms with Crippen LogP contribution in [0, 0.1) is 0 Å². The molecule has 1 heterocycles. The molecule has 0 bridgehead atoms. The van der Waals surface area contributed by atoms with E-state index in [0.717, 1.165) is 10.1 Å². The summed E-state index contributed by atoms with van der Waals surface area (Å²) in [6.07, 6.45) is -2.93. The number of rotatable bonds is 4. The first-order valence-electron chi connectivity index (χ1n) is 5.13. The number of carboxylic acid groups (broad SMARTS) is 1. The number of carbonyl (C=O) groups is 1. The van der Waals surface area contributed by atoms with E-state index in [1.807, 2.05) is 17.5 Å². The molecule has 0 aliphatic heterocycles. The van der Waals surface area contributed by atoms with Crippen molar-refractivity contribution in [2.75, 3.05) is 0 Å². The number of benzene rings is 1. The second-order valence-electron chi connectivity index (χ2n) is 3.80. The summed E-state index contributed by atoms with van der Waals surface area (Å²) in [5.74, 6) is -1.13. The number of aliphatic hydroxyl groups excluding tert-OH is 2. The van der Waals surface area contributed by atoms with Gasteiger partial charge in [0, 0.05) is 10.3 Å². The van der Waals surface area contributed by atoms with Gasteiger partial charge in [0.1, 0.15) is 6.10 Å². The van der Waals surface area contributed by atoms with Crippen LogP contribution in [-0.2, 0) is 4.79 Å². The smallest absolute Gasteiger partial charge is 0.306 e. The minimum absolute atomic E-state index is 0.469.